The van der Waals surface area contributed by atoms with Crippen molar-refractivity contribution in [2.24, 2.45) is 5.92 Å². The van der Waals surface area contributed by atoms with Gasteiger partial charge in [-0.1, -0.05) is 0 Å². The van der Waals surface area contributed by atoms with Gasteiger partial charge in [-0.2, -0.15) is 0 Å². The summed E-state index contributed by atoms with van der Waals surface area (Å²) in [5.74, 6) is 0.107. The number of hydrogen-bond acceptors (Lipinski definition) is 4. The molecule has 0 bridgehead atoms. The lowest BCUT2D eigenvalue weighted by molar-refractivity contribution is 0.0677. The van der Waals surface area contributed by atoms with Crippen molar-refractivity contribution in [3.8, 4) is 11.5 Å². The van der Waals surface area contributed by atoms with Crippen LogP contribution >= 0.6 is 0 Å². The summed E-state index contributed by atoms with van der Waals surface area (Å²) in [7, 11) is 4.13. The van der Waals surface area contributed by atoms with E-state index in [2.05, 4.69) is 19.0 Å². The number of aromatic hydroxyl groups is 2. The largest absolute Gasteiger partial charge is 0.504 e. The van der Waals surface area contributed by atoms with Crippen LogP contribution in [0.2, 0.25) is 0 Å². The van der Waals surface area contributed by atoms with Gasteiger partial charge in [-0.25, -0.2) is 0 Å². The highest BCUT2D eigenvalue weighted by Gasteiger charge is 2.24. The normalized spacial score (nSPS) is 16.6. The number of phenols is 2. The van der Waals surface area contributed by atoms with E-state index in [0.717, 1.165) is 32.5 Å². The molecule has 0 radical (unpaired) electrons. The summed E-state index contributed by atoms with van der Waals surface area (Å²) in [5.41, 5.74) is 0.423. The van der Waals surface area contributed by atoms with Gasteiger partial charge in [-0.15, -0.1) is 0 Å². The monoisotopic (exact) mass is 278 g/mol. The summed E-state index contributed by atoms with van der Waals surface area (Å²) in [4.78, 5) is 16.3. The average Bonchev–Trinajstić information content (AvgIpc) is 2.41. The molecule has 1 heterocycles. The molecule has 2 rings (SSSR count). The number of carbonyl (C=O) groups is 1. The van der Waals surface area contributed by atoms with Gasteiger partial charge < -0.3 is 20.0 Å². The zero-order chi connectivity index (χ0) is 14.7. The highest BCUT2D eigenvalue weighted by atomic mass is 16.3. The predicted molar refractivity (Wildman–Crippen MR) is 77.0 cm³/mol. The lowest BCUT2D eigenvalue weighted by Gasteiger charge is -2.33. The number of piperidine rings is 1. The first-order valence-electron chi connectivity index (χ1n) is 6.93. The molecule has 0 saturated carbocycles. The lowest BCUT2D eigenvalue weighted by atomic mass is 9.96. The Labute approximate surface area is 119 Å². The number of nitrogens with zero attached hydrogens (tertiary/aromatic N) is 2. The van der Waals surface area contributed by atoms with Gasteiger partial charge in [-0.05, 0) is 51.1 Å². The molecule has 5 nitrogen and oxygen atoms in total. The summed E-state index contributed by atoms with van der Waals surface area (Å²) in [6.07, 6.45) is 2.02. The van der Waals surface area contributed by atoms with Crippen molar-refractivity contribution in [3.63, 3.8) is 0 Å². The Bertz CT molecular complexity index is 480. The summed E-state index contributed by atoms with van der Waals surface area (Å²) in [6.45, 7) is 2.56. The van der Waals surface area contributed by atoms with E-state index in [4.69, 9.17) is 0 Å². The van der Waals surface area contributed by atoms with Crippen LogP contribution in [0.5, 0.6) is 11.5 Å². The predicted octanol–water partition coefficient (Wildman–Crippen LogP) is 1.51. The zero-order valence-electron chi connectivity index (χ0n) is 12.0. The van der Waals surface area contributed by atoms with Crippen LogP contribution in [0.1, 0.15) is 23.2 Å². The molecule has 5 heteroatoms. The van der Waals surface area contributed by atoms with Crippen LogP contribution in [0.25, 0.3) is 0 Å². The molecule has 1 aromatic carbocycles. The van der Waals surface area contributed by atoms with E-state index in [0.29, 0.717) is 11.5 Å². The fourth-order valence-electron chi connectivity index (χ4n) is 2.67. The molecule has 1 saturated heterocycles. The first kappa shape index (κ1) is 14.7. The Morgan fingerprint density at radius 3 is 2.45 bits per heavy atom. The van der Waals surface area contributed by atoms with Gasteiger partial charge in [0.15, 0.2) is 11.5 Å². The minimum absolute atomic E-state index is 0.0800. The van der Waals surface area contributed by atoms with Crippen molar-refractivity contribution in [3.05, 3.63) is 23.8 Å². The van der Waals surface area contributed by atoms with Crippen molar-refractivity contribution >= 4 is 5.91 Å². The van der Waals surface area contributed by atoms with Crippen molar-refractivity contribution in [1.29, 1.82) is 0 Å². The lowest BCUT2D eigenvalue weighted by Crippen LogP contribution is -2.40. The van der Waals surface area contributed by atoms with Crippen LogP contribution in [-0.2, 0) is 0 Å². The number of amides is 1. The minimum atomic E-state index is -0.252. The standard InChI is InChI=1S/C15H22N2O3/c1-16(2)10-11-5-7-17(8-6-11)15(20)12-3-4-13(18)14(19)9-12/h3-4,9,11,18-19H,5-8,10H2,1-2H3. The summed E-state index contributed by atoms with van der Waals surface area (Å²) in [5, 5.41) is 18.7. The van der Waals surface area contributed by atoms with Crippen molar-refractivity contribution in [1.82, 2.24) is 9.80 Å². The summed E-state index contributed by atoms with van der Waals surface area (Å²) in [6, 6.07) is 4.22. The van der Waals surface area contributed by atoms with Crippen LogP contribution in [-0.4, -0.2) is 59.6 Å². The molecule has 0 atom stereocenters. The molecule has 1 fully saturated rings. The maximum Gasteiger partial charge on any atom is 0.253 e. The number of hydrogen-bond donors (Lipinski definition) is 2. The highest BCUT2D eigenvalue weighted by molar-refractivity contribution is 5.94. The topological polar surface area (TPSA) is 64.0 Å². The Kier molecular flexibility index (Phi) is 4.49. The van der Waals surface area contributed by atoms with Gasteiger partial charge in [0.05, 0.1) is 0 Å². The van der Waals surface area contributed by atoms with Crippen molar-refractivity contribution in [2.45, 2.75) is 12.8 Å². The Morgan fingerprint density at radius 2 is 1.90 bits per heavy atom. The Balaban J connectivity index is 1.96. The average molecular weight is 278 g/mol. The number of phenolic OH excluding ortho intramolecular Hbond substituents is 2. The molecule has 0 spiro atoms. The second-order valence-corrected chi connectivity index (χ2v) is 5.70. The molecular weight excluding hydrogens is 256 g/mol. The van der Waals surface area contributed by atoms with Gasteiger partial charge in [0, 0.05) is 25.2 Å². The first-order chi connectivity index (χ1) is 9.47. The van der Waals surface area contributed by atoms with Gasteiger partial charge in [0.2, 0.25) is 0 Å². The summed E-state index contributed by atoms with van der Waals surface area (Å²) < 4.78 is 0. The maximum absolute atomic E-state index is 12.3. The number of carbonyl (C=O) groups excluding carboxylic acids is 1. The molecular formula is C15H22N2O3. The molecule has 0 aromatic heterocycles. The van der Waals surface area contributed by atoms with E-state index in [9.17, 15) is 15.0 Å². The van der Waals surface area contributed by atoms with Gasteiger partial charge in [-0.3, -0.25) is 4.79 Å². The van der Waals surface area contributed by atoms with Crippen molar-refractivity contribution in [2.75, 3.05) is 33.7 Å². The van der Waals surface area contributed by atoms with E-state index < -0.39 is 0 Å². The molecule has 1 amide bonds. The van der Waals surface area contributed by atoms with Gasteiger partial charge in [0.1, 0.15) is 0 Å². The molecule has 1 aliphatic heterocycles. The second kappa shape index (κ2) is 6.13. The van der Waals surface area contributed by atoms with E-state index in [-0.39, 0.29) is 17.4 Å². The SMILES string of the molecule is CN(C)CC1CCN(C(=O)c2ccc(O)c(O)c2)CC1. The second-order valence-electron chi connectivity index (χ2n) is 5.70. The van der Waals surface area contributed by atoms with Crippen LogP contribution in [0.4, 0.5) is 0 Å². The number of benzene rings is 1. The third kappa shape index (κ3) is 3.42. The van der Waals surface area contributed by atoms with Crippen LogP contribution < -0.4 is 0 Å². The quantitative estimate of drug-likeness (QED) is 0.823. The Hall–Kier alpha value is -1.75. The van der Waals surface area contributed by atoms with E-state index in [1.165, 1.54) is 12.1 Å². The van der Waals surface area contributed by atoms with E-state index in [1.807, 2.05) is 4.90 Å². The van der Waals surface area contributed by atoms with Gasteiger partial charge in [0.25, 0.3) is 5.91 Å². The third-order valence-corrected chi connectivity index (χ3v) is 3.75. The number of likely N-dealkylation sites (tertiary alicyclic amines) is 1. The zero-order valence-corrected chi connectivity index (χ0v) is 12.0. The fraction of sp³-hybridized carbons (Fsp3) is 0.533. The number of rotatable bonds is 3. The molecule has 1 aromatic rings. The fourth-order valence-corrected chi connectivity index (χ4v) is 2.67. The summed E-state index contributed by atoms with van der Waals surface area (Å²) >= 11 is 0. The molecule has 0 unspecified atom stereocenters. The molecule has 2 N–H and O–H groups in total. The molecule has 20 heavy (non-hydrogen) atoms. The van der Waals surface area contributed by atoms with E-state index >= 15 is 0 Å². The van der Waals surface area contributed by atoms with Gasteiger partial charge >= 0.3 is 0 Å². The maximum atomic E-state index is 12.3. The Morgan fingerprint density at radius 1 is 1.25 bits per heavy atom. The highest BCUT2D eigenvalue weighted by Crippen LogP contribution is 2.26. The molecule has 1 aliphatic rings. The van der Waals surface area contributed by atoms with Crippen LogP contribution in [0.3, 0.4) is 0 Å². The van der Waals surface area contributed by atoms with Crippen molar-refractivity contribution < 1.29 is 15.0 Å². The first-order valence-corrected chi connectivity index (χ1v) is 6.93. The molecule has 0 aliphatic carbocycles. The van der Waals surface area contributed by atoms with E-state index in [1.54, 1.807) is 6.07 Å². The third-order valence-electron chi connectivity index (χ3n) is 3.75. The smallest absolute Gasteiger partial charge is 0.253 e. The van der Waals surface area contributed by atoms with Crippen LogP contribution in [0.15, 0.2) is 18.2 Å². The van der Waals surface area contributed by atoms with Crippen LogP contribution in [0, 0.1) is 5.92 Å². The minimum Gasteiger partial charge on any atom is -0.504 e. The molecule has 110 valence electrons.